The lowest BCUT2D eigenvalue weighted by atomic mass is 10.1. The van der Waals surface area contributed by atoms with Gasteiger partial charge in [0, 0.05) is 13.2 Å². The lowest BCUT2D eigenvalue weighted by molar-refractivity contribution is -0.0925. The van der Waals surface area contributed by atoms with E-state index in [4.69, 9.17) is 9.47 Å². The van der Waals surface area contributed by atoms with Crippen LogP contribution in [0, 0.1) is 0 Å². The van der Waals surface area contributed by atoms with Gasteiger partial charge < -0.3 is 9.47 Å². The monoisotopic (exact) mass is 544 g/mol. The minimum atomic E-state index is -0.302. The maximum atomic E-state index is 6.20. The molecule has 0 radical (unpaired) electrons. The maximum absolute atomic E-state index is 6.20. The van der Waals surface area contributed by atoms with Crippen molar-refractivity contribution in [1.82, 2.24) is 0 Å². The minimum absolute atomic E-state index is 0.144. The van der Waals surface area contributed by atoms with E-state index in [0.29, 0.717) is 0 Å². The molecule has 0 atom stereocenters. The van der Waals surface area contributed by atoms with Crippen LogP contribution in [0.15, 0.2) is 0 Å². The molecule has 36 heavy (non-hydrogen) atoms. The summed E-state index contributed by atoms with van der Waals surface area (Å²) >= 11 is 4.38. The van der Waals surface area contributed by atoms with Gasteiger partial charge in [-0.1, -0.05) is 161 Å². The summed E-state index contributed by atoms with van der Waals surface area (Å²) < 4.78 is 12.4. The highest BCUT2D eigenvalue weighted by Gasteiger charge is 2.09. The van der Waals surface area contributed by atoms with Crippen LogP contribution in [0.3, 0.4) is 0 Å². The highest BCUT2D eigenvalue weighted by molar-refractivity contribution is 7.80. The topological polar surface area (TPSA) is 18.5 Å². The average molecular weight is 545 g/mol. The van der Waals surface area contributed by atoms with Crippen LogP contribution >= 0.6 is 12.6 Å². The summed E-state index contributed by atoms with van der Waals surface area (Å²) in [6.45, 7) is 6.39. The molecule has 2 nitrogen and oxygen atoms in total. The summed E-state index contributed by atoms with van der Waals surface area (Å²) in [5.74, 6) is 1.14. The molecule has 0 N–H and O–H groups in total. The third-order valence-corrected chi connectivity index (χ3v) is 9.62. The number of rotatable bonds is 32. The number of hydrogen-bond donors (Lipinski definition) is 1. The smallest absolute Gasteiger partial charge is 0.134 e. The third kappa shape index (κ3) is 30.7. The van der Waals surface area contributed by atoms with Crippen molar-refractivity contribution in [2.24, 2.45) is 0 Å². The quantitative estimate of drug-likeness (QED) is 0.0393. The molecular weight excluding hydrogens is 477 g/mol. The van der Waals surface area contributed by atoms with Crippen molar-refractivity contribution in [2.45, 2.75) is 186 Å². The molecule has 0 saturated heterocycles. The fourth-order valence-corrected chi connectivity index (χ4v) is 7.14. The highest BCUT2D eigenvalue weighted by Crippen LogP contribution is 2.14. The molecule has 0 aliphatic rings. The zero-order chi connectivity index (χ0) is 26.2. The number of hydrogen-bond acceptors (Lipinski definition) is 3. The van der Waals surface area contributed by atoms with E-state index >= 15 is 0 Å². The van der Waals surface area contributed by atoms with Gasteiger partial charge in [-0.2, -0.15) is 12.6 Å². The van der Waals surface area contributed by atoms with Crippen LogP contribution < -0.4 is 0 Å². The predicted molar refractivity (Wildman–Crippen MR) is 170 cm³/mol. The second kappa shape index (κ2) is 33.5. The van der Waals surface area contributed by atoms with Crippen molar-refractivity contribution >= 4 is 22.1 Å². The van der Waals surface area contributed by atoms with Gasteiger partial charge in [0.25, 0.3) is 0 Å². The van der Waals surface area contributed by atoms with Gasteiger partial charge >= 0.3 is 0 Å². The van der Waals surface area contributed by atoms with E-state index in [9.17, 15) is 0 Å². The normalized spacial score (nSPS) is 12.0. The molecule has 0 bridgehead atoms. The van der Waals surface area contributed by atoms with Crippen molar-refractivity contribution in [3.05, 3.63) is 0 Å². The van der Waals surface area contributed by atoms with Gasteiger partial charge in [0.2, 0.25) is 0 Å². The Morgan fingerprint density at radius 1 is 0.444 bits per heavy atom. The first-order valence-corrected chi connectivity index (χ1v) is 19.1. The zero-order valence-corrected chi connectivity index (χ0v) is 27.4. The van der Waals surface area contributed by atoms with Crippen molar-refractivity contribution in [1.29, 1.82) is 0 Å². The standard InChI is InChI=1S/C32H68O2SSi/c1-3-5-7-9-11-13-15-17-19-21-23-25-28-33-32(36-31-27-30-35)34-29-26-24-22-20-18-16-14-12-10-8-6-4-2/h32,35H,3-31,36H2,1-2H3. The summed E-state index contributed by atoms with van der Waals surface area (Å²) in [6.07, 6.45) is 34.7. The van der Waals surface area contributed by atoms with Gasteiger partial charge in [0.15, 0.2) is 0 Å². The van der Waals surface area contributed by atoms with Crippen molar-refractivity contribution in [3.8, 4) is 0 Å². The third-order valence-electron chi connectivity index (χ3n) is 7.45. The van der Waals surface area contributed by atoms with Crippen LogP contribution in [-0.2, 0) is 9.47 Å². The molecule has 0 spiro atoms. The summed E-state index contributed by atoms with van der Waals surface area (Å²) in [6, 6.07) is 1.30. The first kappa shape index (κ1) is 36.5. The molecule has 0 saturated carbocycles. The largest absolute Gasteiger partial charge is 0.357 e. The van der Waals surface area contributed by atoms with Crippen molar-refractivity contribution < 1.29 is 9.47 Å². The van der Waals surface area contributed by atoms with E-state index in [0.717, 1.165) is 19.0 Å². The first-order valence-electron chi connectivity index (χ1n) is 16.7. The van der Waals surface area contributed by atoms with Crippen LogP contribution in [-0.4, -0.2) is 34.4 Å². The molecule has 0 aliphatic heterocycles. The van der Waals surface area contributed by atoms with Crippen LogP contribution in [0.2, 0.25) is 6.04 Å². The van der Waals surface area contributed by atoms with Gasteiger partial charge in [0.05, 0.1) is 9.52 Å². The number of unbranched alkanes of at least 4 members (excludes halogenated alkanes) is 22. The van der Waals surface area contributed by atoms with Crippen molar-refractivity contribution in [2.75, 3.05) is 19.0 Å². The molecule has 218 valence electrons. The van der Waals surface area contributed by atoms with Gasteiger partial charge in [-0.3, -0.25) is 0 Å². The number of ether oxygens (including phenoxy) is 2. The summed E-state index contributed by atoms with van der Waals surface area (Å²) in [5, 5.41) is 0. The van der Waals surface area contributed by atoms with E-state index in [1.54, 1.807) is 0 Å². The Balaban J connectivity index is 3.56. The average Bonchev–Trinajstić information content (AvgIpc) is 2.89. The minimum Gasteiger partial charge on any atom is -0.357 e. The SMILES string of the molecule is CCCCCCCCCCCCCCOC(OCCCCCCCCCCCCCC)[SiH2]CCCS. The molecule has 0 rings (SSSR count). The van der Waals surface area contributed by atoms with Crippen LogP contribution in [0.25, 0.3) is 0 Å². The first-order chi connectivity index (χ1) is 17.8. The fraction of sp³-hybridized carbons (Fsp3) is 1.00. The Hall–Kier alpha value is 0.487. The van der Waals surface area contributed by atoms with E-state index < -0.39 is 0 Å². The molecule has 0 aliphatic carbocycles. The maximum Gasteiger partial charge on any atom is 0.134 e. The fourth-order valence-electron chi connectivity index (χ4n) is 4.95. The second-order valence-electron chi connectivity index (χ2n) is 11.2. The molecule has 0 aromatic rings. The second-order valence-corrected chi connectivity index (χ2v) is 13.6. The molecule has 4 heteroatoms. The van der Waals surface area contributed by atoms with Crippen LogP contribution in [0.5, 0.6) is 0 Å². The Kier molecular flexibility index (Phi) is 34.0. The lowest BCUT2D eigenvalue weighted by Gasteiger charge is -2.18. The Bertz CT molecular complexity index is 353. The summed E-state index contributed by atoms with van der Waals surface area (Å²) in [4.78, 5) is 0. The molecular formula is C32H68O2SSi. The van der Waals surface area contributed by atoms with Crippen LogP contribution in [0.1, 0.15) is 174 Å². The molecule has 0 aromatic carbocycles. The van der Waals surface area contributed by atoms with E-state index in [1.165, 1.54) is 167 Å². The van der Waals surface area contributed by atoms with Crippen molar-refractivity contribution in [3.63, 3.8) is 0 Å². The molecule has 0 heterocycles. The molecule has 0 fully saturated rings. The Morgan fingerprint density at radius 3 is 1.06 bits per heavy atom. The van der Waals surface area contributed by atoms with E-state index in [-0.39, 0.29) is 15.4 Å². The highest BCUT2D eigenvalue weighted by atomic mass is 32.1. The summed E-state index contributed by atoms with van der Waals surface area (Å²) in [5.41, 5.74) is 0. The predicted octanol–water partition coefficient (Wildman–Crippen LogP) is 10.6. The summed E-state index contributed by atoms with van der Waals surface area (Å²) in [7, 11) is -0.302. The van der Waals surface area contributed by atoms with Gasteiger partial charge in [-0.25, -0.2) is 0 Å². The zero-order valence-electron chi connectivity index (χ0n) is 25.1. The van der Waals surface area contributed by atoms with Crippen LogP contribution in [0.4, 0.5) is 0 Å². The van der Waals surface area contributed by atoms with E-state index in [1.807, 2.05) is 0 Å². The van der Waals surface area contributed by atoms with E-state index in [2.05, 4.69) is 26.5 Å². The van der Waals surface area contributed by atoms with Gasteiger partial charge in [-0.15, -0.1) is 0 Å². The van der Waals surface area contributed by atoms with Gasteiger partial charge in [-0.05, 0) is 25.0 Å². The number of thiol groups is 1. The molecule has 0 unspecified atom stereocenters. The Morgan fingerprint density at radius 2 is 0.750 bits per heavy atom. The Labute approximate surface area is 236 Å². The molecule has 0 aromatic heterocycles. The van der Waals surface area contributed by atoms with Gasteiger partial charge in [0.1, 0.15) is 5.91 Å². The lowest BCUT2D eigenvalue weighted by Crippen LogP contribution is -2.25. The molecule has 0 amide bonds.